The van der Waals surface area contributed by atoms with Gasteiger partial charge in [-0.2, -0.15) is 11.8 Å². The molecule has 2 aliphatic rings. The summed E-state index contributed by atoms with van der Waals surface area (Å²) >= 11 is 1.86. The van der Waals surface area contributed by atoms with Crippen molar-refractivity contribution in [2.24, 2.45) is 0 Å². The molecule has 1 saturated heterocycles. The summed E-state index contributed by atoms with van der Waals surface area (Å²) in [6.45, 7) is 2.42. The maximum absolute atomic E-state index is 12.0. The van der Waals surface area contributed by atoms with E-state index in [1.807, 2.05) is 18.7 Å². The number of ether oxygens (including phenoxy) is 1. The normalized spacial score (nSPS) is 28.0. The summed E-state index contributed by atoms with van der Waals surface area (Å²) in [6.07, 6.45) is 5.34. The minimum absolute atomic E-state index is 0.0619. The van der Waals surface area contributed by atoms with Gasteiger partial charge in [0.25, 0.3) is 0 Å². The predicted octanol–water partition coefficient (Wildman–Crippen LogP) is 1.16. The van der Waals surface area contributed by atoms with Crippen LogP contribution in [0.1, 0.15) is 26.2 Å². The Balaban J connectivity index is 1.70. The molecule has 2 amide bonds. The first-order chi connectivity index (χ1) is 9.42. The molecule has 2 fully saturated rings. The number of hydrogen-bond donors (Lipinski definition) is 2. The van der Waals surface area contributed by atoms with Crippen molar-refractivity contribution < 1.29 is 19.4 Å². The number of carboxylic acids is 1. The molecule has 1 aliphatic heterocycles. The molecule has 0 aromatic heterocycles. The third kappa shape index (κ3) is 3.79. The van der Waals surface area contributed by atoms with Crippen LogP contribution in [0.5, 0.6) is 0 Å². The largest absolute Gasteiger partial charge is 0.480 e. The molecule has 0 radical (unpaired) electrons. The minimum Gasteiger partial charge on any atom is -0.480 e. The number of aliphatic carboxylic acids is 1. The fourth-order valence-electron chi connectivity index (χ4n) is 2.78. The highest BCUT2D eigenvalue weighted by atomic mass is 32.2. The average molecular weight is 302 g/mol. The first-order valence-corrected chi connectivity index (χ1v) is 8.14. The van der Waals surface area contributed by atoms with Gasteiger partial charge in [-0.3, -0.25) is 0 Å². The molecule has 1 saturated carbocycles. The summed E-state index contributed by atoms with van der Waals surface area (Å²) in [7, 11) is 0. The highest BCUT2D eigenvalue weighted by Gasteiger charge is 2.43. The summed E-state index contributed by atoms with van der Waals surface area (Å²) in [5.74, 6) is -0.983. The van der Waals surface area contributed by atoms with Gasteiger partial charge >= 0.3 is 12.0 Å². The topological polar surface area (TPSA) is 78.9 Å². The minimum atomic E-state index is -0.983. The summed E-state index contributed by atoms with van der Waals surface area (Å²) in [5, 5.41) is 12.3. The standard InChI is InChI=1S/C13H22N2O4S/c1-13(19-6-11(16)17)7-15(8-13)12(18)14-9-3-4-10(5-9)20-2/h9-10H,3-8H2,1-2H3,(H,14,18)(H,16,17). The van der Waals surface area contributed by atoms with Crippen molar-refractivity contribution in [3.8, 4) is 0 Å². The number of nitrogens with one attached hydrogen (secondary N) is 1. The lowest BCUT2D eigenvalue weighted by Crippen LogP contribution is -2.65. The van der Waals surface area contributed by atoms with Crippen molar-refractivity contribution in [2.75, 3.05) is 26.0 Å². The van der Waals surface area contributed by atoms with Crippen molar-refractivity contribution >= 4 is 23.8 Å². The van der Waals surface area contributed by atoms with E-state index in [0.717, 1.165) is 19.3 Å². The average Bonchev–Trinajstić information content (AvgIpc) is 2.80. The van der Waals surface area contributed by atoms with E-state index in [2.05, 4.69) is 11.6 Å². The summed E-state index contributed by atoms with van der Waals surface area (Å²) < 4.78 is 5.29. The van der Waals surface area contributed by atoms with Gasteiger partial charge in [0.1, 0.15) is 12.2 Å². The zero-order valence-corrected chi connectivity index (χ0v) is 12.7. The van der Waals surface area contributed by atoms with E-state index in [-0.39, 0.29) is 18.7 Å². The van der Waals surface area contributed by atoms with E-state index in [1.165, 1.54) is 0 Å². The van der Waals surface area contributed by atoms with Crippen LogP contribution in [0.2, 0.25) is 0 Å². The first-order valence-electron chi connectivity index (χ1n) is 6.86. The molecule has 0 spiro atoms. The second-order valence-corrected chi connectivity index (χ2v) is 6.94. The Kier molecular flexibility index (Phi) is 4.80. The molecule has 114 valence electrons. The van der Waals surface area contributed by atoms with E-state index in [4.69, 9.17) is 9.84 Å². The quantitative estimate of drug-likeness (QED) is 0.796. The Morgan fingerprint density at radius 2 is 2.15 bits per heavy atom. The highest BCUT2D eigenvalue weighted by Crippen LogP contribution is 2.29. The van der Waals surface area contributed by atoms with Crippen molar-refractivity contribution in [1.82, 2.24) is 10.2 Å². The molecule has 2 unspecified atom stereocenters. The first kappa shape index (κ1) is 15.4. The Morgan fingerprint density at radius 1 is 1.45 bits per heavy atom. The number of hydrogen-bond acceptors (Lipinski definition) is 4. The molecule has 1 heterocycles. The van der Waals surface area contributed by atoms with Crippen molar-refractivity contribution in [3.05, 3.63) is 0 Å². The van der Waals surface area contributed by atoms with Gasteiger partial charge in [-0.25, -0.2) is 9.59 Å². The van der Waals surface area contributed by atoms with E-state index in [1.54, 1.807) is 4.90 Å². The maximum Gasteiger partial charge on any atom is 0.329 e. The Labute approximate surface area is 123 Å². The van der Waals surface area contributed by atoms with Crippen molar-refractivity contribution in [2.45, 2.75) is 43.1 Å². The Hall–Kier alpha value is -0.950. The van der Waals surface area contributed by atoms with Gasteiger partial charge in [0, 0.05) is 11.3 Å². The lowest BCUT2D eigenvalue weighted by Gasteiger charge is -2.47. The molecule has 0 aromatic rings. The number of carboxylic acid groups (broad SMARTS) is 1. The van der Waals surface area contributed by atoms with Crippen LogP contribution in [-0.4, -0.2) is 64.9 Å². The number of thioether (sulfide) groups is 1. The number of urea groups is 1. The molecule has 0 aromatic carbocycles. The van der Waals surface area contributed by atoms with Gasteiger partial charge in [0.15, 0.2) is 0 Å². The third-order valence-electron chi connectivity index (χ3n) is 3.93. The van der Waals surface area contributed by atoms with Crippen LogP contribution < -0.4 is 5.32 Å². The molecule has 0 bridgehead atoms. The fourth-order valence-corrected chi connectivity index (χ4v) is 3.58. The third-order valence-corrected chi connectivity index (χ3v) is 5.02. The fraction of sp³-hybridized carbons (Fsp3) is 0.846. The van der Waals surface area contributed by atoms with E-state index in [9.17, 15) is 9.59 Å². The lowest BCUT2D eigenvalue weighted by atomic mass is 9.97. The van der Waals surface area contributed by atoms with Crippen LogP contribution in [0.4, 0.5) is 4.79 Å². The molecule has 1 aliphatic carbocycles. The highest BCUT2D eigenvalue weighted by molar-refractivity contribution is 7.99. The zero-order valence-electron chi connectivity index (χ0n) is 11.9. The van der Waals surface area contributed by atoms with Crippen LogP contribution in [0.25, 0.3) is 0 Å². The molecule has 20 heavy (non-hydrogen) atoms. The molecule has 7 heteroatoms. The summed E-state index contributed by atoms with van der Waals surface area (Å²) in [6, 6.07) is 0.208. The van der Waals surface area contributed by atoms with Crippen molar-refractivity contribution in [1.29, 1.82) is 0 Å². The molecule has 6 nitrogen and oxygen atoms in total. The van der Waals surface area contributed by atoms with Crippen LogP contribution >= 0.6 is 11.8 Å². The van der Waals surface area contributed by atoms with Gasteiger partial charge in [-0.15, -0.1) is 0 Å². The van der Waals surface area contributed by atoms with E-state index in [0.29, 0.717) is 18.3 Å². The van der Waals surface area contributed by atoms with Gasteiger partial charge in [0.2, 0.25) is 0 Å². The van der Waals surface area contributed by atoms with Gasteiger partial charge in [-0.1, -0.05) is 0 Å². The molecule has 2 rings (SSSR count). The Morgan fingerprint density at radius 3 is 2.70 bits per heavy atom. The number of carbonyl (C=O) groups excluding carboxylic acids is 1. The summed E-state index contributed by atoms with van der Waals surface area (Å²) in [5.41, 5.74) is -0.521. The zero-order chi connectivity index (χ0) is 14.8. The SMILES string of the molecule is CSC1CCC(NC(=O)N2CC(C)(OCC(=O)O)C2)C1. The van der Waals surface area contributed by atoms with E-state index >= 15 is 0 Å². The summed E-state index contributed by atoms with van der Waals surface area (Å²) in [4.78, 5) is 24.2. The number of amides is 2. The number of nitrogens with zero attached hydrogens (tertiary/aromatic N) is 1. The van der Waals surface area contributed by atoms with Gasteiger partial charge < -0.3 is 20.1 Å². The van der Waals surface area contributed by atoms with Crippen LogP contribution in [-0.2, 0) is 9.53 Å². The second-order valence-electron chi connectivity index (χ2n) is 5.81. The predicted molar refractivity (Wildman–Crippen MR) is 77.0 cm³/mol. The van der Waals surface area contributed by atoms with Crippen LogP contribution in [0.15, 0.2) is 0 Å². The maximum atomic E-state index is 12.0. The van der Waals surface area contributed by atoms with Gasteiger partial charge in [0.05, 0.1) is 13.1 Å². The number of likely N-dealkylation sites (tertiary alicyclic amines) is 1. The Bertz CT molecular complexity index is 385. The van der Waals surface area contributed by atoms with Crippen LogP contribution in [0, 0.1) is 0 Å². The monoisotopic (exact) mass is 302 g/mol. The van der Waals surface area contributed by atoms with Crippen molar-refractivity contribution in [3.63, 3.8) is 0 Å². The second kappa shape index (κ2) is 6.22. The molecular weight excluding hydrogens is 280 g/mol. The molecule has 2 N–H and O–H groups in total. The number of rotatable bonds is 5. The molecule has 2 atom stereocenters. The number of carbonyl (C=O) groups is 2. The van der Waals surface area contributed by atoms with Crippen LogP contribution in [0.3, 0.4) is 0 Å². The molecular formula is C13H22N2O4S. The smallest absolute Gasteiger partial charge is 0.329 e. The van der Waals surface area contributed by atoms with Gasteiger partial charge in [-0.05, 0) is 32.4 Å². The van der Waals surface area contributed by atoms with E-state index < -0.39 is 11.6 Å². The lowest BCUT2D eigenvalue weighted by molar-refractivity contribution is -0.159.